The Morgan fingerprint density at radius 3 is 1.20 bits per heavy atom. The number of hydrogen-bond donors (Lipinski definition) is 1. The second-order valence-electron chi connectivity index (χ2n) is 9.44. The highest BCUT2D eigenvalue weighted by Gasteiger charge is 2.46. The summed E-state index contributed by atoms with van der Waals surface area (Å²) in [5, 5.41) is 34.1. The van der Waals surface area contributed by atoms with E-state index in [0.717, 1.165) is 0 Å². The van der Waals surface area contributed by atoms with Crippen LogP contribution >= 0.6 is 0 Å². The number of benzene rings is 1. The van der Waals surface area contributed by atoms with E-state index in [2.05, 4.69) is 0 Å². The summed E-state index contributed by atoms with van der Waals surface area (Å²) in [6.07, 6.45) is 0. The lowest BCUT2D eigenvalue weighted by Gasteiger charge is -2.36. The molecule has 0 fully saturated rings. The average molecular weight is 352 g/mol. The van der Waals surface area contributed by atoms with Crippen molar-refractivity contribution in [2.75, 3.05) is 0 Å². The van der Waals surface area contributed by atoms with Crippen molar-refractivity contribution in [3.05, 3.63) is 36.9 Å². The molecule has 0 aliphatic carbocycles. The number of hydrogen-bond acceptors (Lipinski definition) is 5. The van der Waals surface area contributed by atoms with Crippen molar-refractivity contribution >= 4 is 11.4 Å². The number of nitrogens with zero attached hydrogens (tertiary/aromatic N) is 2. The van der Waals surface area contributed by atoms with Gasteiger partial charge in [0, 0.05) is 11.1 Å². The van der Waals surface area contributed by atoms with Crippen LogP contribution in [0.3, 0.4) is 0 Å². The molecule has 0 heterocycles. The number of phenols is 1. The van der Waals surface area contributed by atoms with E-state index in [0.29, 0.717) is 16.7 Å². The van der Waals surface area contributed by atoms with Crippen molar-refractivity contribution in [3.8, 4) is 5.75 Å². The molecule has 0 aliphatic heterocycles. The molecule has 0 bridgehead atoms. The lowest BCUT2D eigenvalue weighted by Crippen LogP contribution is -2.29. The molecule has 0 aliphatic rings. The van der Waals surface area contributed by atoms with Crippen LogP contribution < -0.4 is 0 Å². The Balaban J connectivity index is 4.47. The predicted octanol–water partition coefficient (Wildman–Crippen LogP) is 5.10. The van der Waals surface area contributed by atoms with Gasteiger partial charge in [0.1, 0.15) is 0 Å². The van der Waals surface area contributed by atoms with E-state index in [1.54, 1.807) is 20.8 Å². The summed E-state index contributed by atoms with van der Waals surface area (Å²) in [6, 6.07) is 0. The van der Waals surface area contributed by atoms with E-state index in [-0.39, 0.29) is 0 Å². The van der Waals surface area contributed by atoms with E-state index in [1.807, 2.05) is 41.5 Å². The standard InChI is InChI=1S/C18H28N2O5/c1-16(2,3)10-11(17(4,5)6)13(19(22)23)14(20(24)25)15(21)12(10)18(7,8)9/h21H,1-9H3. The summed E-state index contributed by atoms with van der Waals surface area (Å²) in [5.74, 6) is -0.609. The van der Waals surface area contributed by atoms with Gasteiger partial charge in [0.2, 0.25) is 5.75 Å². The largest absolute Gasteiger partial charge is 0.502 e. The number of aromatic hydroxyl groups is 1. The molecule has 7 heteroatoms. The fourth-order valence-electron chi connectivity index (χ4n) is 3.27. The molecular weight excluding hydrogens is 324 g/mol. The molecule has 0 aromatic heterocycles. The molecule has 7 nitrogen and oxygen atoms in total. The lowest BCUT2D eigenvalue weighted by atomic mass is 9.67. The zero-order valence-corrected chi connectivity index (χ0v) is 16.5. The van der Waals surface area contributed by atoms with Crippen molar-refractivity contribution in [2.24, 2.45) is 0 Å². The van der Waals surface area contributed by atoms with Gasteiger partial charge in [0.05, 0.1) is 9.85 Å². The van der Waals surface area contributed by atoms with Crippen LogP contribution in [0.1, 0.15) is 79.0 Å². The van der Waals surface area contributed by atoms with Crippen molar-refractivity contribution in [1.29, 1.82) is 0 Å². The van der Waals surface area contributed by atoms with Gasteiger partial charge in [-0.3, -0.25) is 20.2 Å². The van der Waals surface area contributed by atoms with Gasteiger partial charge in [0.25, 0.3) is 0 Å². The Bertz CT molecular complexity index is 732. The molecule has 140 valence electrons. The molecule has 0 spiro atoms. The SMILES string of the molecule is CC(C)(C)c1c(O)c([N+](=O)[O-])c([N+](=O)[O-])c(C(C)(C)C)c1C(C)(C)C. The van der Waals surface area contributed by atoms with Gasteiger partial charge in [-0.1, -0.05) is 62.3 Å². The molecule has 0 unspecified atom stereocenters. The van der Waals surface area contributed by atoms with Gasteiger partial charge in [-0.25, -0.2) is 0 Å². The zero-order valence-electron chi connectivity index (χ0n) is 16.5. The van der Waals surface area contributed by atoms with E-state index in [9.17, 15) is 25.3 Å². The van der Waals surface area contributed by atoms with E-state index < -0.39 is 43.2 Å². The summed E-state index contributed by atoms with van der Waals surface area (Å²) in [7, 11) is 0. The molecule has 1 N–H and O–H groups in total. The van der Waals surface area contributed by atoms with E-state index in [4.69, 9.17) is 0 Å². The molecule has 0 saturated carbocycles. The van der Waals surface area contributed by atoms with Crippen LogP contribution in [0.4, 0.5) is 11.4 Å². The summed E-state index contributed by atoms with van der Waals surface area (Å²) in [5.41, 5.74) is -2.05. The summed E-state index contributed by atoms with van der Waals surface area (Å²) in [4.78, 5) is 21.8. The molecule has 0 amide bonds. The molecule has 1 aromatic carbocycles. The fourth-order valence-corrected chi connectivity index (χ4v) is 3.27. The van der Waals surface area contributed by atoms with Crippen LogP contribution in [0.5, 0.6) is 5.75 Å². The Labute approximate surface area is 148 Å². The quantitative estimate of drug-likeness (QED) is 0.588. The third-order valence-corrected chi connectivity index (χ3v) is 4.04. The maximum atomic E-state index is 11.8. The van der Waals surface area contributed by atoms with E-state index >= 15 is 0 Å². The molecule has 1 aromatic rings. The van der Waals surface area contributed by atoms with E-state index in [1.165, 1.54) is 0 Å². The van der Waals surface area contributed by atoms with Crippen molar-refractivity contribution in [2.45, 2.75) is 78.6 Å². The second kappa shape index (κ2) is 5.97. The minimum atomic E-state index is -0.857. The number of phenolic OH excluding ortho intramolecular Hbond substituents is 1. The first-order chi connectivity index (χ1) is 10.9. The number of rotatable bonds is 2. The van der Waals surface area contributed by atoms with Crippen LogP contribution in [0.2, 0.25) is 0 Å². The van der Waals surface area contributed by atoms with Crippen molar-refractivity contribution in [3.63, 3.8) is 0 Å². The minimum absolute atomic E-state index is 0.305. The summed E-state index contributed by atoms with van der Waals surface area (Å²) >= 11 is 0. The summed E-state index contributed by atoms with van der Waals surface area (Å²) in [6.45, 7) is 16.5. The maximum Gasteiger partial charge on any atom is 0.387 e. The normalized spacial score (nSPS) is 13.0. The molecule has 0 radical (unpaired) electrons. The van der Waals surface area contributed by atoms with Gasteiger partial charge < -0.3 is 5.11 Å². The molecule has 0 atom stereocenters. The van der Waals surface area contributed by atoms with Gasteiger partial charge in [-0.2, -0.15) is 0 Å². The minimum Gasteiger partial charge on any atom is -0.502 e. The first-order valence-corrected chi connectivity index (χ1v) is 8.15. The van der Waals surface area contributed by atoms with Crippen molar-refractivity contribution in [1.82, 2.24) is 0 Å². The third kappa shape index (κ3) is 3.75. The van der Waals surface area contributed by atoms with Gasteiger partial charge in [-0.05, 0) is 21.8 Å². The first-order valence-electron chi connectivity index (χ1n) is 8.15. The highest BCUT2D eigenvalue weighted by Crippen LogP contribution is 2.54. The third-order valence-electron chi connectivity index (χ3n) is 4.04. The van der Waals surface area contributed by atoms with Crippen LogP contribution in [-0.4, -0.2) is 15.0 Å². The monoisotopic (exact) mass is 352 g/mol. The van der Waals surface area contributed by atoms with Crippen LogP contribution in [-0.2, 0) is 16.2 Å². The fraction of sp³-hybridized carbons (Fsp3) is 0.667. The molecule has 1 rings (SSSR count). The van der Waals surface area contributed by atoms with Gasteiger partial charge in [-0.15, -0.1) is 0 Å². The highest BCUT2D eigenvalue weighted by atomic mass is 16.6. The average Bonchev–Trinajstić information content (AvgIpc) is 2.31. The topological polar surface area (TPSA) is 107 Å². The highest BCUT2D eigenvalue weighted by molar-refractivity contribution is 5.74. The number of nitro groups is 2. The Morgan fingerprint density at radius 1 is 0.640 bits per heavy atom. The Hall–Kier alpha value is -2.18. The van der Waals surface area contributed by atoms with Gasteiger partial charge >= 0.3 is 11.4 Å². The zero-order chi connectivity index (χ0) is 20.1. The second-order valence-corrected chi connectivity index (χ2v) is 9.44. The smallest absolute Gasteiger partial charge is 0.387 e. The molecule has 25 heavy (non-hydrogen) atoms. The lowest BCUT2D eigenvalue weighted by molar-refractivity contribution is -0.423. The van der Waals surface area contributed by atoms with Crippen LogP contribution in [0.25, 0.3) is 0 Å². The number of nitro benzene ring substituents is 2. The molecule has 0 saturated heterocycles. The van der Waals surface area contributed by atoms with Gasteiger partial charge in [0.15, 0.2) is 0 Å². The summed E-state index contributed by atoms with van der Waals surface area (Å²) < 4.78 is 0. The van der Waals surface area contributed by atoms with Crippen LogP contribution in [0.15, 0.2) is 0 Å². The van der Waals surface area contributed by atoms with Crippen molar-refractivity contribution < 1.29 is 15.0 Å². The molecular formula is C18H28N2O5. The Kier molecular flexibility index (Phi) is 4.98. The Morgan fingerprint density at radius 2 is 0.960 bits per heavy atom. The predicted molar refractivity (Wildman–Crippen MR) is 97.5 cm³/mol. The maximum absolute atomic E-state index is 11.8. The first kappa shape index (κ1) is 20.9. The van der Waals surface area contributed by atoms with Crippen LogP contribution in [0, 0.1) is 20.2 Å².